The number of quaternary nitrogens is 1. The Kier molecular flexibility index (Phi) is 12.9. The van der Waals surface area contributed by atoms with E-state index in [1.54, 1.807) is 6.92 Å². The lowest BCUT2D eigenvalue weighted by Gasteiger charge is -2.33. The minimum Gasteiger partial charge on any atom is -0.455 e. The average Bonchev–Trinajstić information content (AvgIpc) is 2.83. The van der Waals surface area contributed by atoms with Crippen LogP contribution < -0.4 is 4.74 Å². The van der Waals surface area contributed by atoms with Crippen LogP contribution in [-0.2, 0) is 22.5 Å². The van der Waals surface area contributed by atoms with Crippen molar-refractivity contribution in [2.75, 3.05) is 20.6 Å². The highest BCUT2D eigenvalue weighted by Gasteiger charge is 2.29. The lowest BCUT2D eigenvalue weighted by molar-refractivity contribution is -0.906. The van der Waals surface area contributed by atoms with Gasteiger partial charge >= 0.3 is 5.97 Å². The van der Waals surface area contributed by atoms with Gasteiger partial charge < -0.3 is 14.0 Å². The highest BCUT2D eigenvalue weighted by Crippen LogP contribution is 2.19. The summed E-state index contributed by atoms with van der Waals surface area (Å²) in [7, 11) is 4.33. The van der Waals surface area contributed by atoms with Crippen LogP contribution in [0.25, 0.3) is 0 Å². The predicted molar refractivity (Wildman–Crippen MR) is 145 cm³/mol. The zero-order chi connectivity index (χ0) is 25.5. The number of benzene rings is 2. The predicted octanol–water partition coefficient (Wildman–Crippen LogP) is 7.55. The van der Waals surface area contributed by atoms with E-state index in [1.807, 2.05) is 25.1 Å². The zero-order valence-corrected chi connectivity index (χ0v) is 22.8. The van der Waals surface area contributed by atoms with Gasteiger partial charge in [-0.2, -0.15) is 0 Å². The van der Waals surface area contributed by atoms with Crippen molar-refractivity contribution in [1.29, 1.82) is 0 Å². The van der Waals surface area contributed by atoms with E-state index in [0.29, 0.717) is 0 Å². The van der Waals surface area contributed by atoms with Crippen LogP contribution in [0.5, 0.6) is 5.75 Å². The van der Waals surface area contributed by atoms with Crippen molar-refractivity contribution in [3.8, 4) is 5.75 Å². The van der Waals surface area contributed by atoms with Crippen molar-refractivity contribution in [2.24, 2.45) is 5.92 Å². The molecule has 0 N–H and O–H groups in total. The maximum absolute atomic E-state index is 12.9. The Balaban J connectivity index is 1.75. The second-order valence-corrected chi connectivity index (χ2v) is 10.5. The number of hydrogen-bond donors (Lipinski definition) is 0. The van der Waals surface area contributed by atoms with Crippen LogP contribution in [-0.4, -0.2) is 37.4 Å². The summed E-state index contributed by atoms with van der Waals surface area (Å²) >= 11 is 0. The lowest BCUT2D eigenvalue weighted by Crippen LogP contribution is -2.45. The van der Waals surface area contributed by atoms with Gasteiger partial charge in [0.05, 0.1) is 20.6 Å². The molecule has 2 unspecified atom stereocenters. The molecule has 2 aromatic carbocycles. The van der Waals surface area contributed by atoms with Crippen LogP contribution >= 0.6 is 0 Å². The fourth-order valence-electron chi connectivity index (χ4n) is 4.61. The Morgan fingerprint density at radius 1 is 0.829 bits per heavy atom. The van der Waals surface area contributed by atoms with E-state index in [4.69, 9.17) is 9.47 Å². The summed E-state index contributed by atoms with van der Waals surface area (Å²) in [6, 6.07) is 18.6. The van der Waals surface area contributed by atoms with Gasteiger partial charge in [0.2, 0.25) is 6.29 Å². The van der Waals surface area contributed by atoms with Gasteiger partial charge in [0.1, 0.15) is 18.2 Å². The van der Waals surface area contributed by atoms with E-state index >= 15 is 0 Å². The molecule has 0 amide bonds. The summed E-state index contributed by atoms with van der Waals surface area (Å²) in [6.07, 6.45) is 10.5. The lowest BCUT2D eigenvalue weighted by atomic mass is 10.0. The van der Waals surface area contributed by atoms with Crippen LogP contribution in [0.4, 0.5) is 0 Å². The van der Waals surface area contributed by atoms with E-state index in [2.05, 4.69) is 57.4 Å². The van der Waals surface area contributed by atoms with Crippen LogP contribution in [0.1, 0.15) is 83.3 Å². The molecule has 2 atom stereocenters. The molecule has 0 saturated carbocycles. The summed E-state index contributed by atoms with van der Waals surface area (Å²) < 4.78 is 12.3. The maximum Gasteiger partial charge on any atom is 0.317 e. The summed E-state index contributed by atoms with van der Waals surface area (Å²) in [5, 5.41) is 0. The van der Waals surface area contributed by atoms with Crippen molar-refractivity contribution < 1.29 is 18.8 Å². The second-order valence-electron chi connectivity index (χ2n) is 10.5. The van der Waals surface area contributed by atoms with E-state index in [0.717, 1.165) is 36.2 Å². The highest BCUT2D eigenvalue weighted by molar-refractivity contribution is 5.72. The van der Waals surface area contributed by atoms with Crippen LogP contribution in [0.15, 0.2) is 54.6 Å². The molecule has 0 fully saturated rings. The first-order valence-electron chi connectivity index (χ1n) is 13.6. The van der Waals surface area contributed by atoms with Gasteiger partial charge in [-0.3, -0.25) is 4.79 Å². The molecule has 2 rings (SSSR count). The number of rotatable bonds is 17. The molecule has 0 radical (unpaired) electrons. The Morgan fingerprint density at radius 2 is 1.46 bits per heavy atom. The van der Waals surface area contributed by atoms with Gasteiger partial charge in [0, 0.05) is 12.5 Å². The molecule has 0 spiro atoms. The first kappa shape index (κ1) is 28.9. The third-order valence-corrected chi connectivity index (χ3v) is 6.57. The third-order valence-electron chi connectivity index (χ3n) is 6.57. The smallest absolute Gasteiger partial charge is 0.317 e. The molecule has 194 valence electrons. The number of esters is 1. The van der Waals surface area contributed by atoms with Gasteiger partial charge in [-0.25, -0.2) is 0 Å². The van der Waals surface area contributed by atoms with Gasteiger partial charge in [-0.05, 0) is 37.0 Å². The topological polar surface area (TPSA) is 35.5 Å². The van der Waals surface area contributed by atoms with Crippen LogP contribution in [0.3, 0.4) is 0 Å². The molecule has 0 aliphatic carbocycles. The number of hydrogen-bond acceptors (Lipinski definition) is 3. The molecule has 4 nitrogen and oxygen atoms in total. The minimum absolute atomic E-state index is 0.163. The molecule has 4 heteroatoms. The Morgan fingerprint density at radius 3 is 2.09 bits per heavy atom. The van der Waals surface area contributed by atoms with Gasteiger partial charge in [0.25, 0.3) is 0 Å². The third kappa shape index (κ3) is 11.8. The fraction of sp³-hybridized carbons (Fsp3) is 0.581. The molecule has 0 heterocycles. The Hall–Kier alpha value is -2.33. The Labute approximate surface area is 214 Å². The molecule has 35 heavy (non-hydrogen) atoms. The number of aryl methyl sites for hydroxylation is 1. The minimum atomic E-state index is -0.616. The van der Waals surface area contributed by atoms with Crippen molar-refractivity contribution in [3.05, 3.63) is 65.7 Å². The van der Waals surface area contributed by atoms with E-state index in [9.17, 15) is 4.79 Å². The monoisotopic (exact) mass is 482 g/mol. The second kappa shape index (κ2) is 15.6. The molecule has 0 aliphatic heterocycles. The zero-order valence-electron chi connectivity index (χ0n) is 22.8. The number of nitrogens with zero attached hydrogens (tertiary/aromatic N) is 1. The number of carbonyl (C=O) groups excluding carboxylic acids is 1. The normalized spacial score (nSPS) is 13.3. The van der Waals surface area contributed by atoms with Crippen LogP contribution in [0, 0.1) is 5.92 Å². The number of carbonyl (C=O) groups is 1. The molecule has 0 aromatic heterocycles. The fourth-order valence-corrected chi connectivity index (χ4v) is 4.61. The Bertz CT molecular complexity index is 832. The molecule has 0 bridgehead atoms. The van der Waals surface area contributed by atoms with Gasteiger partial charge in [0.15, 0.2) is 0 Å². The summed E-state index contributed by atoms with van der Waals surface area (Å²) in [4.78, 5) is 12.9. The molecule has 0 saturated heterocycles. The number of ether oxygens (including phenoxy) is 2. The molecule has 0 aliphatic rings. The van der Waals surface area contributed by atoms with E-state index in [-0.39, 0.29) is 11.9 Å². The molecule has 2 aromatic rings. The van der Waals surface area contributed by atoms with E-state index in [1.165, 1.54) is 56.1 Å². The summed E-state index contributed by atoms with van der Waals surface area (Å²) in [6.45, 7) is 7.70. The first-order chi connectivity index (χ1) is 16.8. The van der Waals surface area contributed by atoms with Gasteiger partial charge in [-0.1, -0.05) is 94.8 Å². The van der Waals surface area contributed by atoms with Crippen LogP contribution in [0.2, 0.25) is 0 Å². The SMILES string of the molecule is CCCCCCCCCc1ccc(OC(C)OC(=O)C(CC)C[N+](C)(C)Cc2ccccc2)cc1. The van der Waals surface area contributed by atoms with Crippen molar-refractivity contribution in [2.45, 2.75) is 91.4 Å². The highest BCUT2D eigenvalue weighted by atomic mass is 16.7. The van der Waals surface area contributed by atoms with Gasteiger partial charge in [-0.15, -0.1) is 0 Å². The summed E-state index contributed by atoms with van der Waals surface area (Å²) in [5.74, 6) is 0.390. The summed E-state index contributed by atoms with van der Waals surface area (Å²) in [5.41, 5.74) is 2.60. The quantitative estimate of drug-likeness (QED) is 0.101. The first-order valence-corrected chi connectivity index (χ1v) is 13.6. The van der Waals surface area contributed by atoms with Crippen molar-refractivity contribution in [1.82, 2.24) is 0 Å². The van der Waals surface area contributed by atoms with Crippen molar-refractivity contribution in [3.63, 3.8) is 0 Å². The standard InChI is InChI=1S/C31H48NO3/c1-6-8-9-10-11-12-14-17-27-20-22-30(23-21-27)34-26(3)35-31(33)29(7-2)25-32(4,5)24-28-18-15-13-16-19-28/h13,15-16,18-23,26,29H,6-12,14,17,24-25H2,1-5H3/q+1. The molecular formula is C31H48NO3+. The maximum atomic E-state index is 12.9. The molecular weight excluding hydrogens is 434 g/mol. The van der Waals surface area contributed by atoms with E-state index < -0.39 is 6.29 Å². The largest absolute Gasteiger partial charge is 0.455 e. The van der Waals surface area contributed by atoms with Crippen molar-refractivity contribution >= 4 is 5.97 Å². The average molecular weight is 483 g/mol. The number of unbranched alkanes of at least 4 members (excludes halogenated alkanes) is 6.